The highest BCUT2D eigenvalue weighted by Gasteiger charge is 1.90. The fourth-order valence-corrected chi connectivity index (χ4v) is 0.569. The van der Waals surface area contributed by atoms with Gasteiger partial charge in [-0.2, -0.15) is 0 Å². The van der Waals surface area contributed by atoms with Crippen molar-refractivity contribution in [2.75, 3.05) is 0 Å². The minimum absolute atomic E-state index is 0.102. The van der Waals surface area contributed by atoms with Crippen molar-refractivity contribution in [2.45, 2.75) is 32.5 Å². The molecule has 2 radical (unpaired) electrons. The monoisotopic (exact) mass is 106 g/mol. The molecule has 0 aliphatic carbocycles. The van der Waals surface area contributed by atoms with Gasteiger partial charge in [0.25, 0.3) is 0 Å². The zero-order chi connectivity index (χ0) is 6.41. The molecule has 0 N–H and O–H groups in total. The van der Waals surface area contributed by atoms with Crippen LogP contribution in [0.5, 0.6) is 0 Å². The maximum absolute atomic E-state index is 5.52. The van der Waals surface area contributed by atoms with Gasteiger partial charge in [0.1, 0.15) is 0 Å². The van der Waals surface area contributed by atoms with E-state index in [9.17, 15) is 0 Å². The standard InChI is InChI=1S/C7H11B/c1-3-5-7(8)6-4-2/h7H,3,5H2,1-2H3. The van der Waals surface area contributed by atoms with Crippen LogP contribution in [0.1, 0.15) is 26.7 Å². The molecule has 42 valence electrons. The maximum Gasteiger partial charge on any atom is 0.0875 e. The summed E-state index contributed by atoms with van der Waals surface area (Å²) in [7, 11) is 5.52. The molecule has 0 aliphatic rings. The van der Waals surface area contributed by atoms with Gasteiger partial charge in [0, 0.05) is 0 Å². The maximum atomic E-state index is 5.52. The lowest BCUT2D eigenvalue weighted by Gasteiger charge is -1.96. The van der Waals surface area contributed by atoms with E-state index in [0.717, 1.165) is 12.8 Å². The summed E-state index contributed by atoms with van der Waals surface area (Å²) in [5, 5.41) is 0. The van der Waals surface area contributed by atoms with Crippen molar-refractivity contribution < 1.29 is 0 Å². The molecule has 0 aromatic rings. The van der Waals surface area contributed by atoms with Crippen LogP contribution in [0, 0.1) is 11.8 Å². The zero-order valence-corrected chi connectivity index (χ0v) is 5.57. The first-order chi connectivity index (χ1) is 3.81. The fraction of sp³-hybridized carbons (Fsp3) is 0.714. The van der Waals surface area contributed by atoms with Crippen LogP contribution in [0.3, 0.4) is 0 Å². The van der Waals surface area contributed by atoms with E-state index in [1.54, 1.807) is 0 Å². The van der Waals surface area contributed by atoms with Gasteiger partial charge in [0.15, 0.2) is 0 Å². The molecule has 1 atom stereocenters. The van der Waals surface area contributed by atoms with Gasteiger partial charge in [-0.1, -0.05) is 13.3 Å². The quantitative estimate of drug-likeness (QED) is 0.371. The smallest absolute Gasteiger partial charge is 0.0875 e. The second-order valence-electron chi connectivity index (χ2n) is 1.79. The highest BCUT2D eigenvalue weighted by atomic mass is 13.9. The summed E-state index contributed by atoms with van der Waals surface area (Å²) in [5.41, 5.74) is 0. The molecular weight excluding hydrogens is 94.9 g/mol. The number of rotatable bonds is 2. The van der Waals surface area contributed by atoms with E-state index in [-0.39, 0.29) is 5.82 Å². The van der Waals surface area contributed by atoms with Crippen LogP contribution in [-0.4, -0.2) is 7.85 Å². The van der Waals surface area contributed by atoms with Gasteiger partial charge < -0.3 is 0 Å². The van der Waals surface area contributed by atoms with E-state index < -0.39 is 0 Å². The summed E-state index contributed by atoms with van der Waals surface area (Å²) in [6.45, 7) is 3.92. The van der Waals surface area contributed by atoms with Gasteiger partial charge in [-0.05, 0) is 19.2 Å². The highest BCUT2D eigenvalue weighted by molar-refractivity contribution is 6.13. The van der Waals surface area contributed by atoms with Crippen LogP contribution in [0.25, 0.3) is 0 Å². The predicted octanol–water partition coefficient (Wildman–Crippen LogP) is 1.77. The van der Waals surface area contributed by atoms with E-state index >= 15 is 0 Å². The molecule has 0 amide bonds. The fourth-order valence-electron chi connectivity index (χ4n) is 0.569. The van der Waals surface area contributed by atoms with Crippen molar-refractivity contribution in [3.05, 3.63) is 0 Å². The van der Waals surface area contributed by atoms with E-state index in [0.29, 0.717) is 0 Å². The molecule has 8 heavy (non-hydrogen) atoms. The van der Waals surface area contributed by atoms with Crippen molar-refractivity contribution in [3.8, 4) is 11.8 Å². The Morgan fingerprint density at radius 2 is 2.25 bits per heavy atom. The van der Waals surface area contributed by atoms with Gasteiger partial charge in [-0.3, -0.25) is 0 Å². The second-order valence-corrected chi connectivity index (χ2v) is 1.79. The Morgan fingerprint density at radius 3 is 2.62 bits per heavy atom. The van der Waals surface area contributed by atoms with Crippen LogP contribution >= 0.6 is 0 Å². The molecule has 0 rings (SSSR count). The molecule has 0 aromatic carbocycles. The van der Waals surface area contributed by atoms with Crippen LogP contribution < -0.4 is 0 Å². The van der Waals surface area contributed by atoms with Gasteiger partial charge in [-0.15, -0.1) is 11.8 Å². The molecular formula is C7H11B. The zero-order valence-electron chi connectivity index (χ0n) is 5.57. The van der Waals surface area contributed by atoms with Crippen molar-refractivity contribution in [2.24, 2.45) is 0 Å². The highest BCUT2D eigenvalue weighted by Crippen LogP contribution is 2.04. The normalized spacial score (nSPS) is 11.8. The average Bonchev–Trinajstić information content (AvgIpc) is 1.68. The molecule has 0 aliphatic heterocycles. The Kier molecular flexibility index (Phi) is 4.55. The van der Waals surface area contributed by atoms with E-state index in [1.807, 2.05) is 6.92 Å². The van der Waals surface area contributed by atoms with Crippen LogP contribution in [0.4, 0.5) is 0 Å². The summed E-state index contributed by atoms with van der Waals surface area (Å²) in [4.78, 5) is 0. The molecule has 1 heteroatoms. The molecule has 0 nitrogen and oxygen atoms in total. The van der Waals surface area contributed by atoms with Gasteiger partial charge in [-0.25, -0.2) is 0 Å². The Hall–Kier alpha value is -0.375. The Morgan fingerprint density at radius 1 is 1.62 bits per heavy atom. The molecule has 0 bridgehead atoms. The lowest BCUT2D eigenvalue weighted by molar-refractivity contribution is 0.825. The first kappa shape index (κ1) is 7.62. The SMILES string of the molecule is [B]C(C#CC)CCC. The number of hydrogen-bond donors (Lipinski definition) is 0. The first-order valence-corrected chi connectivity index (χ1v) is 2.99. The summed E-state index contributed by atoms with van der Waals surface area (Å²) < 4.78 is 0. The first-order valence-electron chi connectivity index (χ1n) is 2.99. The summed E-state index contributed by atoms with van der Waals surface area (Å²) in [6, 6.07) is 0. The van der Waals surface area contributed by atoms with E-state index in [4.69, 9.17) is 7.85 Å². The summed E-state index contributed by atoms with van der Waals surface area (Å²) >= 11 is 0. The van der Waals surface area contributed by atoms with E-state index in [2.05, 4.69) is 18.8 Å². The van der Waals surface area contributed by atoms with Gasteiger partial charge in [0.05, 0.1) is 7.85 Å². The van der Waals surface area contributed by atoms with Crippen molar-refractivity contribution in [1.82, 2.24) is 0 Å². The van der Waals surface area contributed by atoms with Crippen LogP contribution in [-0.2, 0) is 0 Å². The number of hydrogen-bond acceptors (Lipinski definition) is 0. The minimum Gasteiger partial charge on any atom is -0.110 e. The summed E-state index contributed by atoms with van der Waals surface area (Å²) in [6.07, 6.45) is 2.14. The Bertz CT molecular complexity index is 96.7. The topological polar surface area (TPSA) is 0 Å². The van der Waals surface area contributed by atoms with Crippen LogP contribution in [0.2, 0.25) is 5.82 Å². The predicted molar refractivity (Wildman–Crippen MR) is 37.9 cm³/mol. The third kappa shape index (κ3) is 3.80. The largest absolute Gasteiger partial charge is 0.110 e. The molecule has 0 saturated carbocycles. The lowest BCUT2D eigenvalue weighted by Crippen LogP contribution is -1.85. The molecule has 1 unspecified atom stereocenters. The molecule has 0 fully saturated rings. The van der Waals surface area contributed by atoms with Crippen molar-refractivity contribution >= 4 is 7.85 Å². The third-order valence-corrected chi connectivity index (χ3v) is 0.929. The van der Waals surface area contributed by atoms with Crippen molar-refractivity contribution in [3.63, 3.8) is 0 Å². The molecule has 0 aromatic heterocycles. The third-order valence-electron chi connectivity index (χ3n) is 0.929. The van der Waals surface area contributed by atoms with E-state index in [1.165, 1.54) is 0 Å². The van der Waals surface area contributed by atoms with Crippen LogP contribution in [0.15, 0.2) is 0 Å². The molecule has 0 spiro atoms. The lowest BCUT2D eigenvalue weighted by atomic mass is 9.84. The molecule has 0 saturated heterocycles. The average molecular weight is 106 g/mol. The molecule has 0 heterocycles. The van der Waals surface area contributed by atoms with Gasteiger partial charge >= 0.3 is 0 Å². The van der Waals surface area contributed by atoms with Crippen molar-refractivity contribution in [1.29, 1.82) is 0 Å². The van der Waals surface area contributed by atoms with Gasteiger partial charge in [0.2, 0.25) is 0 Å². The Balaban J connectivity index is 3.27. The Labute approximate surface area is 53.1 Å². The summed E-state index contributed by atoms with van der Waals surface area (Å²) in [5.74, 6) is 5.75. The minimum atomic E-state index is 0.102. The second kappa shape index (κ2) is 4.78.